The number of nitrogens with zero attached hydrogens (tertiary/aromatic N) is 1. The van der Waals surface area contributed by atoms with Gasteiger partial charge in [0.1, 0.15) is 5.75 Å². The molecule has 1 fully saturated rings. The van der Waals surface area contributed by atoms with E-state index in [1.807, 2.05) is 12.1 Å². The van der Waals surface area contributed by atoms with Crippen LogP contribution in [0.2, 0.25) is 5.02 Å². The van der Waals surface area contributed by atoms with Crippen molar-refractivity contribution in [3.63, 3.8) is 0 Å². The molecule has 3 rings (SSSR count). The average Bonchev–Trinajstić information content (AvgIpc) is 2.95. The minimum absolute atomic E-state index is 0.0294. The van der Waals surface area contributed by atoms with Crippen LogP contribution in [0.15, 0.2) is 48.5 Å². The first-order valence-corrected chi connectivity index (χ1v) is 8.20. The lowest BCUT2D eigenvalue weighted by atomic mass is 10.2. The van der Waals surface area contributed by atoms with E-state index in [2.05, 4.69) is 10.6 Å². The Morgan fingerprint density at radius 1 is 1.24 bits per heavy atom. The van der Waals surface area contributed by atoms with E-state index < -0.39 is 0 Å². The monoisotopic (exact) mass is 359 g/mol. The molecule has 0 unspecified atom stereocenters. The summed E-state index contributed by atoms with van der Waals surface area (Å²) in [6.45, 7) is 0.425. The Labute approximate surface area is 150 Å². The van der Waals surface area contributed by atoms with Gasteiger partial charge in [-0.15, -0.1) is 0 Å². The maximum Gasteiger partial charge on any atom is 0.319 e. The number of halogens is 1. The molecule has 0 radical (unpaired) electrons. The highest BCUT2D eigenvalue weighted by Gasteiger charge is 2.31. The highest BCUT2D eigenvalue weighted by atomic mass is 35.5. The lowest BCUT2D eigenvalue weighted by Gasteiger charge is -2.17. The Kier molecular flexibility index (Phi) is 5.09. The van der Waals surface area contributed by atoms with Gasteiger partial charge in [0.15, 0.2) is 0 Å². The first-order valence-electron chi connectivity index (χ1n) is 7.82. The van der Waals surface area contributed by atoms with E-state index in [-0.39, 0.29) is 24.4 Å². The number of amides is 3. The number of carbonyl (C=O) groups is 2. The fraction of sp³-hybridized carbons (Fsp3) is 0.222. The van der Waals surface area contributed by atoms with E-state index in [1.165, 1.54) is 0 Å². The standard InChI is InChI=1S/C18H18ClN3O3/c1-25-16-7-5-15(6-8-16)22-11-14(10-17(22)23)21-18(24)20-13-4-2-3-12(19)9-13/h2-9,14H,10-11H2,1H3,(H2,20,21,24)/t14-/m1/s1. The zero-order valence-corrected chi connectivity index (χ0v) is 14.4. The maximum absolute atomic E-state index is 12.2. The molecule has 2 aromatic rings. The number of ether oxygens (including phenoxy) is 1. The predicted octanol–water partition coefficient (Wildman–Crippen LogP) is 3.28. The Morgan fingerprint density at radius 3 is 2.68 bits per heavy atom. The number of anilines is 2. The van der Waals surface area contributed by atoms with Crippen LogP contribution >= 0.6 is 11.6 Å². The smallest absolute Gasteiger partial charge is 0.319 e. The molecule has 6 nitrogen and oxygen atoms in total. The van der Waals surface area contributed by atoms with E-state index >= 15 is 0 Å². The Bertz CT molecular complexity index is 779. The predicted molar refractivity (Wildman–Crippen MR) is 97.4 cm³/mol. The summed E-state index contributed by atoms with van der Waals surface area (Å²) < 4.78 is 5.12. The van der Waals surface area contributed by atoms with Crippen LogP contribution in [0.5, 0.6) is 5.75 Å². The number of urea groups is 1. The van der Waals surface area contributed by atoms with Gasteiger partial charge in [-0.2, -0.15) is 0 Å². The highest BCUT2D eigenvalue weighted by Crippen LogP contribution is 2.24. The molecule has 1 aliphatic rings. The van der Waals surface area contributed by atoms with E-state index in [1.54, 1.807) is 48.4 Å². The molecule has 1 heterocycles. The zero-order valence-electron chi connectivity index (χ0n) is 13.7. The summed E-state index contributed by atoms with van der Waals surface area (Å²) >= 11 is 5.89. The van der Waals surface area contributed by atoms with Crippen molar-refractivity contribution in [2.45, 2.75) is 12.5 Å². The van der Waals surface area contributed by atoms with Gasteiger partial charge in [-0.1, -0.05) is 17.7 Å². The first-order chi connectivity index (χ1) is 12.0. The molecule has 25 heavy (non-hydrogen) atoms. The zero-order chi connectivity index (χ0) is 17.8. The van der Waals surface area contributed by atoms with Crippen molar-refractivity contribution in [2.24, 2.45) is 0 Å². The lowest BCUT2D eigenvalue weighted by Crippen LogP contribution is -2.39. The number of carbonyl (C=O) groups excluding carboxylic acids is 2. The molecule has 1 atom stereocenters. The lowest BCUT2D eigenvalue weighted by molar-refractivity contribution is -0.117. The van der Waals surface area contributed by atoms with Crippen molar-refractivity contribution < 1.29 is 14.3 Å². The molecule has 7 heteroatoms. The Balaban J connectivity index is 1.59. The average molecular weight is 360 g/mol. The molecule has 1 aliphatic heterocycles. The second-order valence-corrected chi connectivity index (χ2v) is 6.15. The fourth-order valence-corrected chi connectivity index (χ4v) is 2.93. The van der Waals surface area contributed by atoms with Gasteiger partial charge >= 0.3 is 6.03 Å². The quantitative estimate of drug-likeness (QED) is 0.880. The summed E-state index contributed by atoms with van der Waals surface area (Å²) in [6, 6.07) is 13.5. The maximum atomic E-state index is 12.2. The van der Waals surface area contributed by atoms with E-state index in [0.717, 1.165) is 11.4 Å². The van der Waals surface area contributed by atoms with E-state index in [4.69, 9.17) is 16.3 Å². The molecular formula is C18H18ClN3O3. The number of rotatable bonds is 4. The summed E-state index contributed by atoms with van der Waals surface area (Å²) in [5.74, 6) is 0.698. The topological polar surface area (TPSA) is 70.7 Å². The van der Waals surface area contributed by atoms with Gasteiger partial charge < -0.3 is 20.3 Å². The summed E-state index contributed by atoms with van der Waals surface area (Å²) in [5, 5.41) is 6.07. The van der Waals surface area contributed by atoms with Crippen LogP contribution in [0, 0.1) is 0 Å². The number of benzene rings is 2. The minimum Gasteiger partial charge on any atom is -0.497 e. The van der Waals surface area contributed by atoms with Gasteiger partial charge in [0.25, 0.3) is 0 Å². The molecule has 0 bridgehead atoms. The molecule has 0 spiro atoms. The largest absolute Gasteiger partial charge is 0.497 e. The van der Waals surface area contributed by atoms with Crippen molar-refractivity contribution in [3.8, 4) is 5.75 Å². The van der Waals surface area contributed by atoms with Crippen molar-refractivity contribution >= 4 is 34.9 Å². The number of hydrogen-bond acceptors (Lipinski definition) is 3. The molecule has 1 saturated heterocycles. The summed E-state index contributed by atoms with van der Waals surface area (Å²) in [7, 11) is 1.59. The molecule has 0 aromatic heterocycles. The van der Waals surface area contributed by atoms with Crippen LogP contribution in [-0.4, -0.2) is 31.6 Å². The molecule has 2 aromatic carbocycles. The molecule has 0 aliphatic carbocycles. The summed E-state index contributed by atoms with van der Waals surface area (Å²) in [5.41, 5.74) is 1.38. The van der Waals surface area contributed by atoms with Crippen LogP contribution in [0.1, 0.15) is 6.42 Å². The van der Waals surface area contributed by atoms with Gasteiger partial charge in [-0.05, 0) is 42.5 Å². The van der Waals surface area contributed by atoms with Gasteiger partial charge in [0.05, 0.1) is 13.2 Å². The summed E-state index contributed by atoms with van der Waals surface area (Å²) in [6.07, 6.45) is 0.259. The van der Waals surface area contributed by atoms with Crippen LogP contribution in [0.4, 0.5) is 16.2 Å². The minimum atomic E-state index is -0.364. The second kappa shape index (κ2) is 7.44. The third-order valence-corrected chi connectivity index (χ3v) is 4.16. The van der Waals surface area contributed by atoms with Crippen molar-refractivity contribution in [3.05, 3.63) is 53.6 Å². The normalized spacial score (nSPS) is 16.6. The van der Waals surface area contributed by atoms with Gasteiger partial charge in [-0.25, -0.2) is 4.79 Å². The van der Waals surface area contributed by atoms with Gasteiger partial charge in [0.2, 0.25) is 5.91 Å². The number of hydrogen-bond donors (Lipinski definition) is 2. The molecule has 130 valence electrons. The van der Waals surface area contributed by atoms with Crippen molar-refractivity contribution in [1.82, 2.24) is 5.32 Å². The number of nitrogens with one attached hydrogen (secondary N) is 2. The summed E-state index contributed by atoms with van der Waals surface area (Å²) in [4.78, 5) is 26.0. The molecule has 2 N–H and O–H groups in total. The fourth-order valence-electron chi connectivity index (χ4n) is 2.73. The van der Waals surface area contributed by atoms with Gasteiger partial charge in [-0.3, -0.25) is 4.79 Å². The van der Waals surface area contributed by atoms with Crippen molar-refractivity contribution in [2.75, 3.05) is 23.9 Å². The third-order valence-electron chi connectivity index (χ3n) is 3.93. The second-order valence-electron chi connectivity index (χ2n) is 5.71. The van der Waals surface area contributed by atoms with Crippen LogP contribution < -0.4 is 20.3 Å². The Morgan fingerprint density at radius 2 is 2.00 bits per heavy atom. The number of methoxy groups -OCH3 is 1. The van der Waals surface area contributed by atoms with E-state index in [9.17, 15) is 9.59 Å². The molecular weight excluding hydrogens is 342 g/mol. The molecule has 3 amide bonds. The third kappa shape index (κ3) is 4.22. The molecule has 0 saturated carbocycles. The van der Waals surface area contributed by atoms with Gasteiger partial charge in [0, 0.05) is 29.4 Å². The Hall–Kier alpha value is -2.73. The van der Waals surface area contributed by atoms with Crippen LogP contribution in [-0.2, 0) is 4.79 Å². The SMILES string of the molecule is COc1ccc(N2C[C@H](NC(=O)Nc3cccc(Cl)c3)CC2=O)cc1. The first kappa shape index (κ1) is 17.1. The van der Waals surface area contributed by atoms with Crippen LogP contribution in [0.3, 0.4) is 0 Å². The van der Waals surface area contributed by atoms with E-state index in [0.29, 0.717) is 17.3 Å². The van der Waals surface area contributed by atoms with Crippen LogP contribution in [0.25, 0.3) is 0 Å². The van der Waals surface area contributed by atoms with Crippen molar-refractivity contribution in [1.29, 1.82) is 0 Å². The highest BCUT2D eigenvalue weighted by molar-refractivity contribution is 6.30.